The molecule has 4 nitrogen and oxygen atoms in total. The Labute approximate surface area is 149 Å². The van der Waals surface area contributed by atoms with Gasteiger partial charge in [-0.15, -0.1) is 0 Å². The van der Waals surface area contributed by atoms with Crippen molar-refractivity contribution in [3.8, 4) is 5.75 Å². The summed E-state index contributed by atoms with van der Waals surface area (Å²) in [5.41, 5.74) is 2.43. The van der Waals surface area contributed by atoms with Crippen LogP contribution in [0.2, 0.25) is 0 Å². The third kappa shape index (κ3) is 5.33. The van der Waals surface area contributed by atoms with E-state index in [1.54, 1.807) is 6.92 Å². The van der Waals surface area contributed by atoms with E-state index in [9.17, 15) is 4.79 Å². The standard InChI is InChI=1S/C21H26N2O2/c1-17(25-20-7-3-2-4-8-20)21(24)22-15-18-9-11-19(12-10-18)16-23-13-5-6-14-23/h2-4,7-12,17H,5-6,13-16H2,1H3,(H,22,24). The summed E-state index contributed by atoms with van der Waals surface area (Å²) in [5, 5.41) is 2.94. The third-order valence-electron chi connectivity index (χ3n) is 4.52. The summed E-state index contributed by atoms with van der Waals surface area (Å²) < 4.78 is 5.64. The highest BCUT2D eigenvalue weighted by Crippen LogP contribution is 2.14. The Morgan fingerprint density at radius 2 is 1.68 bits per heavy atom. The van der Waals surface area contributed by atoms with Gasteiger partial charge in [0.15, 0.2) is 6.10 Å². The summed E-state index contributed by atoms with van der Waals surface area (Å²) >= 11 is 0. The fourth-order valence-corrected chi connectivity index (χ4v) is 3.05. The van der Waals surface area contributed by atoms with Gasteiger partial charge in [0.2, 0.25) is 0 Å². The Balaban J connectivity index is 1.45. The van der Waals surface area contributed by atoms with Gasteiger partial charge in [0.1, 0.15) is 5.75 Å². The minimum atomic E-state index is -0.517. The smallest absolute Gasteiger partial charge is 0.261 e. The fourth-order valence-electron chi connectivity index (χ4n) is 3.05. The first-order valence-corrected chi connectivity index (χ1v) is 9.00. The molecule has 132 valence electrons. The molecule has 0 spiro atoms. The number of benzene rings is 2. The van der Waals surface area contributed by atoms with Crippen molar-refractivity contribution in [3.05, 3.63) is 65.7 Å². The number of rotatable bonds is 7. The van der Waals surface area contributed by atoms with Gasteiger partial charge in [-0.25, -0.2) is 0 Å². The molecule has 25 heavy (non-hydrogen) atoms. The lowest BCUT2D eigenvalue weighted by atomic mass is 10.1. The molecule has 1 saturated heterocycles. The summed E-state index contributed by atoms with van der Waals surface area (Å²) in [6.45, 7) is 5.72. The molecule has 1 aliphatic heterocycles. The monoisotopic (exact) mass is 338 g/mol. The molecule has 0 bridgehead atoms. The van der Waals surface area contributed by atoms with Crippen molar-refractivity contribution < 1.29 is 9.53 Å². The molecular formula is C21H26N2O2. The zero-order chi connectivity index (χ0) is 17.5. The molecule has 4 heteroatoms. The summed E-state index contributed by atoms with van der Waals surface area (Å²) in [6, 6.07) is 17.9. The largest absolute Gasteiger partial charge is 0.481 e. The predicted molar refractivity (Wildman–Crippen MR) is 99.3 cm³/mol. The number of carbonyl (C=O) groups excluding carboxylic acids is 1. The Kier molecular flexibility index (Phi) is 6.07. The quantitative estimate of drug-likeness (QED) is 0.842. The molecule has 1 unspecified atom stereocenters. The van der Waals surface area contributed by atoms with Crippen molar-refractivity contribution in [3.63, 3.8) is 0 Å². The van der Waals surface area contributed by atoms with Crippen molar-refractivity contribution in [1.82, 2.24) is 10.2 Å². The number of nitrogens with zero attached hydrogens (tertiary/aromatic N) is 1. The van der Waals surface area contributed by atoms with Crippen LogP contribution in [-0.2, 0) is 17.9 Å². The van der Waals surface area contributed by atoms with Crippen LogP contribution in [0.5, 0.6) is 5.75 Å². The first kappa shape index (κ1) is 17.5. The maximum Gasteiger partial charge on any atom is 0.261 e. The van der Waals surface area contributed by atoms with Crippen LogP contribution < -0.4 is 10.1 Å². The predicted octanol–water partition coefficient (Wildman–Crippen LogP) is 3.37. The topological polar surface area (TPSA) is 41.6 Å². The van der Waals surface area contributed by atoms with E-state index in [4.69, 9.17) is 4.74 Å². The highest BCUT2D eigenvalue weighted by Gasteiger charge is 2.14. The van der Waals surface area contributed by atoms with E-state index in [-0.39, 0.29) is 5.91 Å². The Bertz CT molecular complexity index is 664. The lowest BCUT2D eigenvalue weighted by molar-refractivity contribution is -0.127. The van der Waals surface area contributed by atoms with Crippen molar-refractivity contribution in [2.75, 3.05) is 13.1 Å². The molecule has 0 aromatic heterocycles. The van der Waals surface area contributed by atoms with Crippen molar-refractivity contribution in [2.24, 2.45) is 0 Å². The maximum absolute atomic E-state index is 12.2. The molecular weight excluding hydrogens is 312 g/mol. The van der Waals surface area contributed by atoms with Crippen LogP contribution in [0.1, 0.15) is 30.9 Å². The van der Waals surface area contributed by atoms with Gasteiger partial charge in [-0.1, -0.05) is 42.5 Å². The molecule has 1 N–H and O–H groups in total. The normalized spacial score (nSPS) is 15.7. The number of nitrogens with one attached hydrogen (secondary N) is 1. The first-order valence-electron chi connectivity index (χ1n) is 9.00. The van der Waals surface area contributed by atoms with E-state index < -0.39 is 6.10 Å². The van der Waals surface area contributed by atoms with Crippen molar-refractivity contribution in [2.45, 2.75) is 39.0 Å². The van der Waals surface area contributed by atoms with E-state index in [1.165, 1.54) is 31.5 Å². The number of para-hydroxylation sites is 1. The number of hydrogen-bond donors (Lipinski definition) is 1. The van der Waals surface area contributed by atoms with Crippen LogP contribution >= 0.6 is 0 Å². The first-order chi connectivity index (χ1) is 12.2. The summed E-state index contributed by atoms with van der Waals surface area (Å²) in [7, 11) is 0. The summed E-state index contributed by atoms with van der Waals surface area (Å²) in [4.78, 5) is 14.7. The average molecular weight is 338 g/mol. The second-order valence-electron chi connectivity index (χ2n) is 6.59. The van der Waals surface area contributed by atoms with Gasteiger partial charge in [0.25, 0.3) is 5.91 Å². The van der Waals surface area contributed by atoms with Crippen molar-refractivity contribution >= 4 is 5.91 Å². The van der Waals surface area contributed by atoms with E-state index in [0.29, 0.717) is 12.3 Å². The fraction of sp³-hybridized carbons (Fsp3) is 0.381. The minimum Gasteiger partial charge on any atom is -0.481 e. The highest BCUT2D eigenvalue weighted by atomic mass is 16.5. The SMILES string of the molecule is CC(Oc1ccccc1)C(=O)NCc1ccc(CN2CCCC2)cc1. The number of ether oxygens (including phenoxy) is 1. The molecule has 1 aliphatic rings. The average Bonchev–Trinajstić information content (AvgIpc) is 3.14. The van der Waals surface area contributed by atoms with Crippen LogP contribution in [0, 0.1) is 0 Å². The Hall–Kier alpha value is -2.33. The van der Waals surface area contributed by atoms with Gasteiger partial charge in [0.05, 0.1) is 0 Å². The number of hydrogen-bond acceptors (Lipinski definition) is 3. The van der Waals surface area contributed by atoms with Gasteiger partial charge < -0.3 is 10.1 Å². The molecule has 1 amide bonds. The van der Waals surface area contributed by atoms with Gasteiger partial charge in [0, 0.05) is 13.1 Å². The van der Waals surface area contributed by atoms with E-state index >= 15 is 0 Å². The van der Waals surface area contributed by atoms with Gasteiger partial charge >= 0.3 is 0 Å². The Morgan fingerprint density at radius 1 is 1.04 bits per heavy atom. The Morgan fingerprint density at radius 3 is 2.36 bits per heavy atom. The number of amides is 1. The van der Waals surface area contributed by atoms with Gasteiger partial charge in [-0.3, -0.25) is 9.69 Å². The minimum absolute atomic E-state index is 0.106. The van der Waals surface area contributed by atoms with Crippen LogP contribution in [0.15, 0.2) is 54.6 Å². The molecule has 0 radical (unpaired) electrons. The molecule has 3 rings (SSSR count). The van der Waals surface area contributed by atoms with Crippen LogP contribution in [0.3, 0.4) is 0 Å². The third-order valence-corrected chi connectivity index (χ3v) is 4.52. The van der Waals surface area contributed by atoms with Crippen LogP contribution in [0.4, 0.5) is 0 Å². The maximum atomic E-state index is 12.2. The molecule has 1 atom stereocenters. The van der Waals surface area contributed by atoms with E-state index in [0.717, 1.165) is 12.1 Å². The molecule has 2 aromatic carbocycles. The van der Waals surface area contributed by atoms with E-state index in [2.05, 4.69) is 34.5 Å². The summed E-state index contributed by atoms with van der Waals surface area (Å²) in [6.07, 6.45) is 2.11. The number of likely N-dealkylation sites (tertiary alicyclic amines) is 1. The highest BCUT2D eigenvalue weighted by molar-refractivity contribution is 5.80. The molecule has 1 fully saturated rings. The lowest BCUT2D eigenvalue weighted by Crippen LogP contribution is -2.35. The second-order valence-corrected chi connectivity index (χ2v) is 6.59. The van der Waals surface area contributed by atoms with Crippen LogP contribution in [0.25, 0.3) is 0 Å². The summed E-state index contributed by atoms with van der Waals surface area (Å²) in [5.74, 6) is 0.599. The molecule has 2 aromatic rings. The zero-order valence-electron chi connectivity index (χ0n) is 14.8. The van der Waals surface area contributed by atoms with Crippen molar-refractivity contribution in [1.29, 1.82) is 0 Å². The second kappa shape index (κ2) is 8.67. The van der Waals surface area contributed by atoms with E-state index in [1.807, 2.05) is 30.3 Å². The zero-order valence-corrected chi connectivity index (χ0v) is 14.8. The van der Waals surface area contributed by atoms with Gasteiger partial charge in [-0.05, 0) is 56.1 Å². The lowest BCUT2D eigenvalue weighted by Gasteiger charge is -2.16. The molecule has 1 heterocycles. The van der Waals surface area contributed by atoms with Crippen LogP contribution in [-0.4, -0.2) is 30.0 Å². The molecule has 0 aliphatic carbocycles. The van der Waals surface area contributed by atoms with Gasteiger partial charge in [-0.2, -0.15) is 0 Å². The molecule has 0 saturated carbocycles. The number of carbonyl (C=O) groups is 1.